The molecule has 0 aromatic heterocycles. The Labute approximate surface area is 139 Å². The van der Waals surface area contributed by atoms with Crippen LogP contribution in [0.3, 0.4) is 0 Å². The number of amides is 2. The Morgan fingerprint density at radius 2 is 1.65 bits per heavy atom. The van der Waals surface area contributed by atoms with Crippen LogP contribution in [0.4, 0.5) is 5.69 Å². The quantitative estimate of drug-likeness (QED) is 0.393. The third-order valence-corrected chi connectivity index (χ3v) is 3.75. The molecule has 5 nitrogen and oxygen atoms in total. The van der Waals surface area contributed by atoms with E-state index in [1.807, 2.05) is 49.6 Å². The van der Waals surface area contributed by atoms with Crippen molar-refractivity contribution < 1.29 is 9.59 Å². The molecule has 0 radical (unpaired) electrons. The number of nitrogens with one attached hydrogen (secondary N) is 2. The second-order valence-electron chi connectivity index (χ2n) is 4.79. The van der Waals surface area contributed by atoms with E-state index >= 15 is 0 Å². The molecule has 0 bridgehead atoms. The van der Waals surface area contributed by atoms with Gasteiger partial charge in [-0.1, -0.05) is 29.8 Å². The molecule has 0 aliphatic heterocycles. The van der Waals surface area contributed by atoms with E-state index in [4.69, 9.17) is 0 Å². The molecule has 6 heteroatoms. The molecule has 2 N–H and O–H groups in total. The number of carbonyl (C=O) groups excluding carboxylic acids is 2. The van der Waals surface area contributed by atoms with Crippen LogP contribution >= 0.6 is 11.8 Å². The minimum Gasteiger partial charge on any atom is -0.318 e. The van der Waals surface area contributed by atoms with Crippen molar-refractivity contribution in [3.63, 3.8) is 0 Å². The van der Waals surface area contributed by atoms with Crippen LogP contribution in [0, 0.1) is 6.92 Å². The van der Waals surface area contributed by atoms with Gasteiger partial charge in [0, 0.05) is 10.6 Å². The van der Waals surface area contributed by atoms with E-state index in [1.165, 1.54) is 6.21 Å². The van der Waals surface area contributed by atoms with Crippen molar-refractivity contribution in [2.75, 3.05) is 11.6 Å². The maximum Gasteiger partial charge on any atom is 0.329 e. The third kappa shape index (κ3) is 5.27. The lowest BCUT2D eigenvalue weighted by Gasteiger charge is -2.04. The zero-order valence-electron chi connectivity index (χ0n) is 12.9. The summed E-state index contributed by atoms with van der Waals surface area (Å²) in [5, 5.41) is 6.29. The lowest BCUT2D eigenvalue weighted by Crippen LogP contribution is -2.32. The molecular formula is C17H17N3O2S. The number of anilines is 1. The van der Waals surface area contributed by atoms with Crippen LogP contribution in [0.25, 0.3) is 0 Å². The Morgan fingerprint density at radius 3 is 2.26 bits per heavy atom. The average Bonchev–Trinajstić information content (AvgIpc) is 2.57. The highest BCUT2D eigenvalue weighted by molar-refractivity contribution is 7.98. The molecule has 2 aromatic rings. The molecule has 0 heterocycles. The molecule has 2 rings (SSSR count). The molecule has 2 aromatic carbocycles. The van der Waals surface area contributed by atoms with Gasteiger partial charge in [0.05, 0.1) is 6.21 Å². The van der Waals surface area contributed by atoms with Gasteiger partial charge in [-0.25, -0.2) is 5.43 Å². The number of aryl methyl sites for hydroxylation is 1. The van der Waals surface area contributed by atoms with E-state index in [0.717, 1.165) is 16.0 Å². The predicted molar refractivity (Wildman–Crippen MR) is 93.8 cm³/mol. The average molecular weight is 327 g/mol. The zero-order valence-corrected chi connectivity index (χ0v) is 13.7. The van der Waals surface area contributed by atoms with E-state index in [0.29, 0.717) is 5.69 Å². The van der Waals surface area contributed by atoms with Gasteiger partial charge in [0.25, 0.3) is 0 Å². The minimum absolute atomic E-state index is 0.562. The Hall–Kier alpha value is -2.60. The van der Waals surface area contributed by atoms with Crippen molar-refractivity contribution in [1.82, 2.24) is 5.43 Å². The molecule has 0 fully saturated rings. The SMILES string of the molecule is CSc1ccc(/C=N\NC(=O)C(=O)Nc2ccc(C)cc2)cc1. The Bertz CT molecular complexity index is 710. The molecule has 0 unspecified atom stereocenters. The fourth-order valence-electron chi connectivity index (χ4n) is 1.73. The number of nitrogens with zero attached hydrogens (tertiary/aromatic N) is 1. The lowest BCUT2D eigenvalue weighted by atomic mass is 10.2. The van der Waals surface area contributed by atoms with Crippen LogP contribution in [0.2, 0.25) is 0 Å². The summed E-state index contributed by atoms with van der Waals surface area (Å²) >= 11 is 1.64. The summed E-state index contributed by atoms with van der Waals surface area (Å²) in [6.45, 7) is 1.94. The smallest absolute Gasteiger partial charge is 0.318 e. The van der Waals surface area contributed by atoms with Crippen LogP contribution in [0.1, 0.15) is 11.1 Å². The van der Waals surface area contributed by atoms with Gasteiger partial charge in [0.1, 0.15) is 0 Å². The van der Waals surface area contributed by atoms with E-state index in [2.05, 4.69) is 15.8 Å². The molecule has 0 aliphatic carbocycles. The largest absolute Gasteiger partial charge is 0.329 e. The van der Waals surface area contributed by atoms with Crippen molar-refractivity contribution in [1.29, 1.82) is 0 Å². The van der Waals surface area contributed by atoms with E-state index in [-0.39, 0.29) is 0 Å². The topological polar surface area (TPSA) is 70.6 Å². The summed E-state index contributed by atoms with van der Waals surface area (Å²) in [5.41, 5.74) is 4.68. The number of hydrogen-bond acceptors (Lipinski definition) is 4. The molecule has 0 aliphatic rings. The second kappa shape index (κ2) is 8.14. The summed E-state index contributed by atoms with van der Waals surface area (Å²) in [6.07, 6.45) is 3.48. The van der Waals surface area contributed by atoms with Crippen LogP contribution in [0.5, 0.6) is 0 Å². The fourth-order valence-corrected chi connectivity index (χ4v) is 2.14. The number of benzene rings is 2. The van der Waals surface area contributed by atoms with Crippen LogP contribution in [0.15, 0.2) is 58.5 Å². The van der Waals surface area contributed by atoms with Crippen molar-refractivity contribution >= 4 is 35.5 Å². The van der Waals surface area contributed by atoms with Gasteiger partial charge >= 0.3 is 11.8 Å². The van der Waals surface area contributed by atoms with Crippen LogP contribution < -0.4 is 10.7 Å². The third-order valence-electron chi connectivity index (χ3n) is 3.01. The first kappa shape index (κ1) is 16.8. The van der Waals surface area contributed by atoms with Crippen molar-refractivity contribution in [2.24, 2.45) is 5.10 Å². The van der Waals surface area contributed by atoms with Gasteiger partial charge in [-0.05, 0) is 43.0 Å². The highest BCUT2D eigenvalue weighted by Crippen LogP contribution is 2.13. The van der Waals surface area contributed by atoms with Crippen molar-refractivity contribution in [2.45, 2.75) is 11.8 Å². The molecule has 0 spiro atoms. The van der Waals surface area contributed by atoms with Gasteiger partial charge in [-0.2, -0.15) is 5.10 Å². The number of hydrogen-bond donors (Lipinski definition) is 2. The first-order valence-electron chi connectivity index (χ1n) is 6.93. The number of thioether (sulfide) groups is 1. The molecule has 2 amide bonds. The van der Waals surface area contributed by atoms with E-state index in [1.54, 1.807) is 23.9 Å². The van der Waals surface area contributed by atoms with Crippen LogP contribution in [-0.2, 0) is 9.59 Å². The maximum atomic E-state index is 11.7. The maximum absolute atomic E-state index is 11.7. The summed E-state index contributed by atoms with van der Waals surface area (Å²) in [6, 6.07) is 14.8. The van der Waals surface area contributed by atoms with Gasteiger partial charge in [0.15, 0.2) is 0 Å². The van der Waals surface area contributed by atoms with Crippen molar-refractivity contribution in [3.8, 4) is 0 Å². The first-order valence-corrected chi connectivity index (χ1v) is 8.16. The standard InChI is InChI=1S/C17H17N3O2S/c1-12-3-7-14(8-4-12)19-16(21)17(22)20-18-11-13-5-9-15(23-2)10-6-13/h3-11H,1-2H3,(H,19,21)(H,20,22)/b18-11-. The molecule has 0 saturated carbocycles. The summed E-state index contributed by atoms with van der Waals surface area (Å²) in [5.74, 6) is -1.58. The minimum atomic E-state index is -0.817. The molecule has 0 atom stereocenters. The molecule has 23 heavy (non-hydrogen) atoms. The zero-order chi connectivity index (χ0) is 16.7. The molecule has 118 valence electrons. The summed E-state index contributed by atoms with van der Waals surface area (Å²) in [7, 11) is 0. The van der Waals surface area contributed by atoms with E-state index in [9.17, 15) is 9.59 Å². The Morgan fingerprint density at radius 1 is 1.00 bits per heavy atom. The van der Waals surface area contributed by atoms with Gasteiger partial charge in [-0.3, -0.25) is 9.59 Å². The highest BCUT2D eigenvalue weighted by atomic mass is 32.2. The molecule has 0 saturated heterocycles. The number of hydrazone groups is 1. The second-order valence-corrected chi connectivity index (χ2v) is 5.67. The first-order chi connectivity index (χ1) is 11.1. The number of rotatable bonds is 4. The normalized spacial score (nSPS) is 10.5. The lowest BCUT2D eigenvalue weighted by molar-refractivity contribution is -0.136. The highest BCUT2D eigenvalue weighted by Gasteiger charge is 2.12. The summed E-state index contributed by atoms with van der Waals surface area (Å²) in [4.78, 5) is 24.5. The Balaban J connectivity index is 1.86. The van der Waals surface area contributed by atoms with Gasteiger partial charge in [0.2, 0.25) is 0 Å². The molecular weight excluding hydrogens is 310 g/mol. The van der Waals surface area contributed by atoms with Gasteiger partial charge in [-0.15, -0.1) is 11.8 Å². The van der Waals surface area contributed by atoms with E-state index < -0.39 is 11.8 Å². The monoisotopic (exact) mass is 327 g/mol. The predicted octanol–water partition coefficient (Wildman–Crippen LogP) is 2.81. The van der Waals surface area contributed by atoms with Crippen LogP contribution in [-0.4, -0.2) is 24.3 Å². The fraction of sp³-hybridized carbons (Fsp3) is 0.118. The summed E-state index contributed by atoms with van der Waals surface area (Å²) < 4.78 is 0. The number of carbonyl (C=O) groups is 2. The van der Waals surface area contributed by atoms with Gasteiger partial charge < -0.3 is 5.32 Å². The Kier molecular flexibility index (Phi) is 5.94. The van der Waals surface area contributed by atoms with Crippen molar-refractivity contribution in [3.05, 3.63) is 59.7 Å².